The van der Waals surface area contributed by atoms with Crippen LogP contribution < -0.4 is 5.32 Å². The molecule has 7 nitrogen and oxygen atoms in total. The van der Waals surface area contributed by atoms with Gasteiger partial charge in [0.15, 0.2) is 0 Å². The Bertz CT molecular complexity index is 536. The number of aromatic nitrogens is 2. The van der Waals surface area contributed by atoms with Crippen LogP contribution in [-0.4, -0.2) is 65.3 Å². The highest BCUT2D eigenvalue weighted by Gasteiger charge is 2.20. The Morgan fingerprint density at radius 3 is 2.82 bits per heavy atom. The topological polar surface area (TPSA) is 87.6 Å². The van der Waals surface area contributed by atoms with Gasteiger partial charge in [0.05, 0.1) is 18.4 Å². The molecule has 0 spiro atoms. The predicted octanol–water partition coefficient (Wildman–Crippen LogP) is 0.151. The lowest BCUT2D eigenvalue weighted by atomic mass is 10.1. The molecule has 1 amide bonds. The summed E-state index contributed by atoms with van der Waals surface area (Å²) in [5.41, 5.74) is 2.03. The number of carbonyl (C=O) groups is 1. The van der Waals surface area contributed by atoms with Crippen molar-refractivity contribution in [3.05, 3.63) is 17.1 Å². The maximum Gasteiger partial charge on any atom is 0.219 e. The maximum absolute atomic E-state index is 11.6. The minimum absolute atomic E-state index is 0.0857. The third-order valence-electron chi connectivity index (χ3n) is 3.76. The van der Waals surface area contributed by atoms with E-state index in [2.05, 4.69) is 15.3 Å². The number of nitrogens with zero attached hydrogens (tertiary/aromatic N) is 3. The molecule has 0 radical (unpaired) electrons. The lowest BCUT2D eigenvalue weighted by Gasteiger charge is -2.17. The van der Waals surface area contributed by atoms with Gasteiger partial charge in [-0.1, -0.05) is 0 Å². The zero-order chi connectivity index (χ0) is 16.1. The van der Waals surface area contributed by atoms with Crippen LogP contribution >= 0.6 is 0 Å². The van der Waals surface area contributed by atoms with Gasteiger partial charge in [0.2, 0.25) is 5.91 Å². The lowest BCUT2D eigenvalue weighted by Crippen LogP contribution is -2.31. The molecule has 0 aliphatic carbocycles. The number of fused-ring (bicyclic) bond motifs is 1. The highest BCUT2D eigenvalue weighted by atomic mass is 16.5. The SMILES string of the molecule is COC[C@@H](O)CNc1nc(C)nc2c1CCN(C(C)=O)CC2. The number of anilines is 1. The van der Waals surface area contributed by atoms with E-state index in [1.807, 2.05) is 11.8 Å². The first kappa shape index (κ1) is 16.6. The summed E-state index contributed by atoms with van der Waals surface area (Å²) < 4.78 is 4.92. The van der Waals surface area contributed by atoms with Gasteiger partial charge in [0.25, 0.3) is 0 Å². The van der Waals surface area contributed by atoms with Crippen molar-refractivity contribution >= 4 is 11.7 Å². The first-order valence-electron chi connectivity index (χ1n) is 7.54. The molecule has 0 saturated carbocycles. The molecule has 0 fully saturated rings. The van der Waals surface area contributed by atoms with E-state index in [1.165, 1.54) is 0 Å². The molecule has 1 aliphatic rings. The second-order valence-electron chi connectivity index (χ2n) is 5.54. The van der Waals surface area contributed by atoms with Crippen molar-refractivity contribution < 1.29 is 14.6 Å². The number of aliphatic hydroxyl groups excluding tert-OH is 1. The molecule has 1 aliphatic heterocycles. The number of nitrogens with one attached hydrogen (secondary N) is 1. The number of carbonyl (C=O) groups excluding carboxylic acids is 1. The smallest absolute Gasteiger partial charge is 0.219 e. The zero-order valence-corrected chi connectivity index (χ0v) is 13.4. The molecule has 0 saturated heterocycles. The van der Waals surface area contributed by atoms with E-state index in [4.69, 9.17) is 4.74 Å². The number of hydrogen-bond donors (Lipinski definition) is 2. The van der Waals surface area contributed by atoms with Crippen LogP contribution in [0.1, 0.15) is 24.0 Å². The summed E-state index contributed by atoms with van der Waals surface area (Å²) in [5, 5.41) is 13.0. The van der Waals surface area contributed by atoms with E-state index >= 15 is 0 Å². The average Bonchev–Trinajstić information content (AvgIpc) is 2.67. The standard InChI is InChI=1S/C15H24N4O3/c1-10-17-14-5-7-19(11(2)20)6-4-13(14)15(18-10)16-8-12(21)9-22-3/h12,21H,4-9H2,1-3H3,(H,16,17,18)/t12-/m0/s1. The van der Waals surface area contributed by atoms with Crippen molar-refractivity contribution in [3.63, 3.8) is 0 Å². The molecule has 2 rings (SSSR count). The van der Waals surface area contributed by atoms with E-state index in [1.54, 1.807) is 14.0 Å². The number of methoxy groups -OCH3 is 1. The quantitative estimate of drug-likeness (QED) is 0.805. The van der Waals surface area contributed by atoms with Gasteiger partial charge in [-0.25, -0.2) is 9.97 Å². The molecule has 22 heavy (non-hydrogen) atoms. The molecule has 7 heteroatoms. The Morgan fingerprint density at radius 1 is 1.41 bits per heavy atom. The van der Waals surface area contributed by atoms with Crippen LogP contribution in [0.5, 0.6) is 0 Å². The largest absolute Gasteiger partial charge is 0.389 e. The van der Waals surface area contributed by atoms with Crippen LogP contribution in [-0.2, 0) is 22.4 Å². The molecular weight excluding hydrogens is 284 g/mol. The van der Waals surface area contributed by atoms with Gasteiger partial charge in [0.1, 0.15) is 11.6 Å². The van der Waals surface area contributed by atoms with Crippen molar-refractivity contribution in [3.8, 4) is 0 Å². The molecule has 0 unspecified atom stereocenters. The Kier molecular flexibility index (Phi) is 5.68. The summed E-state index contributed by atoms with van der Waals surface area (Å²) in [5.74, 6) is 1.53. The van der Waals surface area contributed by atoms with Crippen LogP contribution in [0.2, 0.25) is 0 Å². The second kappa shape index (κ2) is 7.51. The lowest BCUT2D eigenvalue weighted by molar-refractivity contribution is -0.128. The number of hydrogen-bond acceptors (Lipinski definition) is 6. The number of amides is 1. The summed E-state index contributed by atoms with van der Waals surface area (Å²) in [6.45, 7) is 5.44. The van der Waals surface area contributed by atoms with Crippen molar-refractivity contribution in [2.24, 2.45) is 0 Å². The summed E-state index contributed by atoms with van der Waals surface area (Å²) in [6.07, 6.45) is 0.862. The Labute approximate surface area is 130 Å². The van der Waals surface area contributed by atoms with Crippen molar-refractivity contribution in [1.29, 1.82) is 0 Å². The van der Waals surface area contributed by atoms with E-state index < -0.39 is 6.10 Å². The summed E-state index contributed by atoms with van der Waals surface area (Å²) in [6, 6.07) is 0. The number of aliphatic hydroxyl groups is 1. The fourth-order valence-corrected chi connectivity index (χ4v) is 2.65. The Morgan fingerprint density at radius 2 is 2.14 bits per heavy atom. The summed E-state index contributed by atoms with van der Waals surface area (Å²) >= 11 is 0. The highest BCUT2D eigenvalue weighted by Crippen LogP contribution is 2.21. The normalized spacial score (nSPS) is 15.9. The van der Waals surface area contributed by atoms with Crippen molar-refractivity contribution in [1.82, 2.24) is 14.9 Å². The first-order valence-corrected chi connectivity index (χ1v) is 7.54. The van der Waals surface area contributed by atoms with E-state index in [0.29, 0.717) is 25.5 Å². The van der Waals surface area contributed by atoms with E-state index in [9.17, 15) is 9.90 Å². The van der Waals surface area contributed by atoms with Gasteiger partial charge in [-0.2, -0.15) is 0 Å². The van der Waals surface area contributed by atoms with Gasteiger partial charge in [-0.05, 0) is 13.3 Å². The maximum atomic E-state index is 11.6. The van der Waals surface area contributed by atoms with Gasteiger partial charge in [-0.3, -0.25) is 4.79 Å². The number of ether oxygens (including phenoxy) is 1. The molecule has 2 heterocycles. The number of rotatable bonds is 5. The molecular formula is C15H24N4O3. The van der Waals surface area contributed by atoms with Gasteiger partial charge in [-0.15, -0.1) is 0 Å². The van der Waals surface area contributed by atoms with Gasteiger partial charge >= 0.3 is 0 Å². The predicted molar refractivity (Wildman–Crippen MR) is 82.8 cm³/mol. The van der Waals surface area contributed by atoms with E-state index in [0.717, 1.165) is 29.9 Å². The average molecular weight is 308 g/mol. The molecule has 1 atom stereocenters. The van der Waals surface area contributed by atoms with Crippen LogP contribution in [0, 0.1) is 6.92 Å². The monoisotopic (exact) mass is 308 g/mol. The highest BCUT2D eigenvalue weighted by molar-refractivity contribution is 5.73. The fraction of sp³-hybridized carbons (Fsp3) is 0.667. The van der Waals surface area contributed by atoms with Crippen LogP contribution in [0.3, 0.4) is 0 Å². The summed E-state index contributed by atoms with van der Waals surface area (Å²) in [7, 11) is 1.56. The fourth-order valence-electron chi connectivity index (χ4n) is 2.65. The molecule has 0 aromatic carbocycles. The molecule has 2 N–H and O–H groups in total. The van der Waals surface area contributed by atoms with Crippen molar-refractivity contribution in [2.75, 3.05) is 38.7 Å². The second-order valence-corrected chi connectivity index (χ2v) is 5.54. The summed E-state index contributed by atoms with van der Waals surface area (Å²) in [4.78, 5) is 22.4. The van der Waals surface area contributed by atoms with E-state index in [-0.39, 0.29) is 12.5 Å². The van der Waals surface area contributed by atoms with Crippen molar-refractivity contribution in [2.45, 2.75) is 32.8 Å². The van der Waals surface area contributed by atoms with Crippen LogP contribution in [0.4, 0.5) is 5.82 Å². The third-order valence-corrected chi connectivity index (χ3v) is 3.76. The minimum Gasteiger partial charge on any atom is -0.389 e. The Hall–Kier alpha value is -1.73. The Balaban J connectivity index is 2.15. The van der Waals surface area contributed by atoms with Gasteiger partial charge < -0.3 is 20.1 Å². The molecule has 1 aromatic rings. The molecule has 122 valence electrons. The van der Waals surface area contributed by atoms with Crippen LogP contribution in [0.25, 0.3) is 0 Å². The van der Waals surface area contributed by atoms with Gasteiger partial charge in [0, 0.05) is 45.7 Å². The first-order chi connectivity index (χ1) is 10.5. The molecule has 0 bridgehead atoms. The minimum atomic E-state index is -0.588. The third kappa shape index (κ3) is 4.14. The van der Waals surface area contributed by atoms with Crippen LogP contribution in [0.15, 0.2) is 0 Å². The molecule has 1 aromatic heterocycles. The zero-order valence-electron chi connectivity index (χ0n) is 13.4. The number of aryl methyl sites for hydroxylation is 1.